The number of hydrogen-bond acceptors (Lipinski definition) is 4. The summed E-state index contributed by atoms with van der Waals surface area (Å²) in [7, 11) is 0. The summed E-state index contributed by atoms with van der Waals surface area (Å²) in [6.07, 6.45) is 2.39. The van der Waals surface area contributed by atoms with Gasteiger partial charge in [-0.15, -0.1) is 11.8 Å². The third-order valence-corrected chi connectivity index (χ3v) is 5.83. The summed E-state index contributed by atoms with van der Waals surface area (Å²) in [6, 6.07) is 8.10. The van der Waals surface area contributed by atoms with E-state index in [4.69, 9.17) is 5.11 Å². The van der Waals surface area contributed by atoms with Crippen molar-refractivity contribution < 1.29 is 9.90 Å². The van der Waals surface area contributed by atoms with Gasteiger partial charge in [-0.05, 0) is 35.9 Å². The lowest BCUT2D eigenvalue weighted by Gasteiger charge is -2.10. The fourth-order valence-electron chi connectivity index (χ4n) is 2.06. The molecule has 3 nitrogen and oxygen atoms in total. The van der Waals surface area contributed by atoms with Crippen LogP contribution in [-0.2, 0) is 4.79 Å². The molecule has 1 saturated carbocycles. The second-order valence-corrected chi connectivity index (χ2v) is 6.86. The molecule has 1 N–H and O–H groups in total. The first-order valence-electron chi connectivity index (χ1n) is 5.88. The molecule has 2 aromatic rings. The molecule has 94 valence electrons. The number of benzene rings is 1. The zero-order valence-electron chi connectivity index (χ0n) is 9.76. The maximum atomic E-state index is 10.8. The molecule has 1 heterocycles. The van der Waals surface area contributed by atoms with Gasteiger partial charge in [0.1, 0.15) is 0 Å². The highest BCUT2D eigenvalue weighted by Crippen LogP contribution is 2.52. The number of fused-ring (bicyclic) bond motifs is 1. The zero-order chi connectivity index (χ0) is 12.6. The van der Waals surface area contributed by atoms with Crippen molar-refractivity contribution in [1.29, 1.82) is 0 Å². The molecule has 0 aliphatic heterocycles. The standard InChI is InChI=1S/C13H13NO2S2/c15-11(16)7-13(5-6-13)8-17-12-9-3-1-2-4-10(9)14-18-12/h1-4H,5-8H2,(H,15,16). The number of carbonyl (C=O) groups is 1. The maximum absolute atomic E-state index is 10.8. The molecule has 1 aromatic carbocycles. The van der Waals surface area contributed by atoms with Crippen molar-refractivity contribution in [3.63, 3.8) is 0 Å². The van der Waals surface area contributed by atoms with E-state index in [2.05, 4.69) is 10.4 Å². The predicted octanol–water partition coefficient (Wildman–Crippen LogP) is 3.64. The van der Waals surface area contributed by atoms with Crippen molar-refractivity contribution in [2.24, 2.45) is 5.41 Å². The van der Waals surface area contributed by atoms with E-state index in [1.807, 2.05) is 18.2 Å². The van der Waals surface area contributed by atoms with Crippen molar-refractivity contribution in [3.8, 4) is 0 Å². The van der Waals surface area contributed by atoms with Crippen molar-refractivity contribution in [2.45, 2.75) is 23.5 Å². The quantitative estimate of drug-likeness (QED) is 0.849. The van der Waals surface area contributed by atoms with Gasteiger partial charge >= 0.3 is 5.97 Å². The van der Waals surface area contributed by atoms with Gasteiger partial charge in [0.15, 0.2) is 0 Å². The summed E-state index contributed by atoms with van der Waals surface area (Å²) in [5.41, 5.74) is 1.08. The van der Waals surface area contributed by atoms with Crippen LogP contribution < -0.4 is 0 Å². The molecule has 5 heteroatoms. The lowest BCUT2D eigenvalue weighted by molar-refractivity contribution is -0.138. The zero-order valence-corrected chi connectivity index (χ0v) is 11.4. The molecular formula is C13H13NO2S2. The fourth-order valence-corrected chi connectivity index (χ4v) is 4.33. The first-order chi connectivity index (χ1) is 8.69. The lowest BCUT2D eigenvalue weighted by atomic mass is 10.1. The molecule has 3 rings (SSSR count). The van der Waals surface area contributed by atoms with Gasteiger partial charge in [-0.2, -0.15) is 4.37 Å². The van der Waals surface area contributed by atoms with Crippen LogP contribution in [0.15, 0.2) is 28.5 Å². The van der Waals surface area contributed by atoms with Gasteiger partial charge in [0.25, 0.3) is 0 Å². The number of rotatable bonds is 5. The monoisotopic (exact) mass is 279 g/mol. The van der Waals surface area contributed by atoms with Crippen LogP contribution in [0.2, 0.25) is 0 Å². The molecule has 0 atom stereocenters. The first-order valence-corrected chi connectivity index (χ1v) is 7.63. The number of carboxylic acid groups (broad SMARTS) is 1. The molecule has 0 bridgehead atoms. The second-order valence-electron chi connectivity index (χ2n) is 4.85. The summed E-state index contributed by atoms with van der Waals surface area (Å²) in [5.74, 6) is 0.216. The van der Waals surface area contributed by atoms with Gasteiger partial charge in [0, 0.05) is 11.1 Å². The average Bonchev–Trinajstić information content (AvgIpc) is 2.98. The van der Waals surface area contributed by atoms with E-state index >= 15 is 0 Å². The summed E-state index contributed by atoms with van der Waals surface area (Å²) in [5, 5.41) is 10.1. The van der Waals surface area contributed by atoms with E-state index < -0.39 is 5.97 Å². The Labute approximate surface area is 113 Å². The molecule has 0 spiro atoms. The maximum Gasteiger partial charge on any atom is 0.303 e. The number of nitrogens with zero attached hydrogens (tertiary/aromatic N) is 1. The third-order valence-electron chi connectivity index (χ3n) is 3.34. The summed E-state index contributed by atoms with van der Waals surface area (Å²) in [4.78, 5) is 10.8. The Morgan fingerprint density at radius 3 is 2.94 bits per heavy atom. The van der Waals surface area contributed by atoms with Crippen molar-refractivity contribution in [2.75, 3.05) is 5.75 Å². The van der Waals surface area contributed by atoms with Crippen LogP contribution in [0.3, 0.4) is 0 Å². The summed E-state index contributed by atoms with van der Waals surface area (Å²) in [6.45, 7) is 0. The summed E-state index contributed by atoms with van der Waals surface area (Å²) < 4.78 is 5.62. The van der Waals surface area contributed by atoms with Crippen LogP contribution in [-0.4, -0.2) is 21.2 Å². The number of aliphatic carboxylic acids is 1. The topological polar surface area (TPSA) is 50.2 Å². The highest BCUT2D eigenvalue weighted by atomic mass is 32.2. The molecule has 1 aliphatic rings. The lowest BCUT2D eigenvalue weighted by Crippen LogP contribution is -2.10. The smallest absolute Gasteiger partial charge is 0.303 e. The van der Waals surface area contributed by atoms with Gasteiger partial charge in [-0.3, -0.25) is 4.79 Å². The van der Waals surface area contributed by atoms with E-state index in [-0.39, 0.29) is 5.41 Å². The minimum Gasteiger partial charge on any atom is -0.481 e. The first kappa shape index (κ1) is 12.0. The number of hydrogen-bond donors (Lipinski definition) is 1. The van der Waals surface area contributed by atoms with Gasteiger partial charge in [0.2, 0.25) is 0 Å². The van der Waals surface area contributed by atoms with E-state index in [1.165, 1.54) is 21.1 Å². The SMILES string of the molecule is O=C(O)CC1(CSc2snc3ccccc23)CC1. The van der Waals surface area contributed by atoms with E-state index in [0.29, 0.717) is 6.42 Å². The Hall–Kier alpha value is -1.07. The average molecular weight is 279 g/mol. The predicted molar refractivity (Wildman–Crippen MR) is 74.3 cm³/mol. The number of aromatic nitrogens is 1. The minimum absolute atomic E-state index is 0.0432. The van der Waals surface area contributed by atoms with E-state index in [9.17, 15) is 4.79 Å². The molecular weight excluding hydrogens is 266 g/mol. The highest BCUT2D eigenvalue weighted by Gasteiger charge is 2.44. The molecule has 1 fully saturated rings. The van der Waals surface area contributed by atoms with Crippen LogP contribution in [0.25, 0.3) is 10.9 Å². The summed E-state index contributed by atoms with van der Waals surface area (Å²) >= 11 is 3.28. The molecule has 1 aliphatic carbocycles. The third kappa shape index (κ3) is 2.37. The van der Waals surface area contributed by atoms with Crippen LogP contribution in [0.4, 0.5) is 0 Å². The highest BCUT2D eigenvalue weighted by molar-refractivity contribution is 8.01. The molecule has 0 radical (unpaired) electrons. The van der Waals surface area contributed by atoms with Gasteiger partial charge in [-0.1, -0.05) is 18.2 Å². The van der Waals surface area contributed by atoms with Crippen LogP contribution in [0.5, 0.6) is 0 Å². The molecule has 0 amide bonds. The normalized spacial score (nSPS) is 16.9. The Bertz CT molecular complexity index is 589. The van der Waals surface area contributed by atoms with Crippen LogP contribution in [0.1, 0.15) is 19.3 Å². The van der Waals surface area contributed by atoms with Crippen molar-refractivity contribution in [1.82, 2.24) is 4.37 Å². The van der Waals surface area contributed by atoms with Gasteiger partial charge in [-0.25, -0.2) is 0 Å². The van der Waals surface area contributed by atoms with E-state index in [1.54, 1.807) is 11.8 Å². The van der Waals surface area contributed by atoms with Crippen molar-refractivity contribution >= 4 is 40.2 Å². The Morgan fingerprint density at radius 1 is 1.44 bits per heavy atom. The second kappa shape index (κ2) is 4.55. The number of carboxylic acids is 1. The van der Waals surface area contributed by atoms with Crippen LogP contribution in [0, 0.1) is 5.41 Å². The molecule has 0 unspecified atom stereocenters. The van der Waals surface area contributed by atoms with Crippen LogP contribution >= 0.6 is 23.3 Å². The van der Waals surface area contributed by atoms with E-state index in [0.717, 1.165) is 24.1 Å². The molecule has 18 heavy (non-hydrogen) atoms. The number of thioether (sulfide) groups is 1. The molecule has 0 saturated heterocycles. The largest absolute Gasteiger partial charge is 0.481 e. The Balaban J connectivity index is 1.72. The Morgan fingerprint density at radius 2 is 2.22 bits per heavy atom. The molecule has 1 aromatic heterocycles. The van der Waals surface area contributed by atoms with Gasteiger partial charge in [0.05, 0.1) is 16.1 Å². The minimum atomic E-state index is -0.678. The van der Waals surface area contributed by atoms with Gasteiger partial charge < -0.3 is 5.11 Å². The fraction of sp³-hybridized carbons (Fsp3) is 0.385. The Kier molecular flexibility index (Phi) is 3.03. The van der Waals surface area contributed by atoms with Crippen molar-refractivity contribution in [3.05, 3.63) is 24.3 Å².